The largest absolute Gasteiger partial charge is 0.545 e. The number of quaternary nitrogens is 1. The molecular weight excluding hydrogens is 550 g/mol. The molecular formula is C34H57NO8. The fourth-order valence-electron chi connectivity index (χ4n) is 3.60. The molecule has 0 radical (unpaired) electrons. The molecule has 9 nitrogen and oxygen atoms in total. The van der Waals surface area contributed by atoms with Crippen molar-refractivity contribution in [2.24, 2.45) is 0 Å². The number of esters is 2. The Kier molecular flexibility index (Phi) is 25.1. The summed E-state index contributed by atoms with van der Waals surface area (Å²) in [6.45, 7) is 4.38. The van der Waals surface area contributed by atoms with E-state index in [2.05, 4.69) is 50.3 Å². The first-order valence-electron chi connectivity index (χ1n) is 15.8. The fraction of sp³-hybridized carbons (Fsp3) is 0.676. The van der Waals surface area contributed by atoms with Gasteiger partial charge in [0, 0.05) is 12.8 Å². The van der Waals surface area contributed by atoms with Crippen LogP contribution in [0.4, 0.5) is 0 Å². The molecule has 0 heterocycles. The van der Waals surface area contributed by atoms with Gasteiger partial charge in [0.15, 0.2) is 12.4 Å². The lowest BCUT2D eigenvalue weighted by Crippen LogP contribution is -2.44. The number of carbonyl (C=O) groups excluding carboxylic acids is 3. The molecule has 0 aliphatic rings. The topological polar surface area (TPSA) is 111 Å². The molecule has 0 aliphatic carbocycles. The summed E-state index contributed by atoms with van der Waals surface area (Å²) in [6.07, 6.45) is 23.5. The van der Waals surface area contributed by atoms with Crippen LogP contribution in [0.1, 0.15) is 90.9 Å². The number of carbonyl (C=O) groups is 3. The summed E-state index contributed by atoms with van der Waals surface area (Å²) in [7, 11) is 5.85. The van der Waals surface area contributed by atoms with E-state index in [1.807, 2.05) is 33.3 Å². The number of rotatable bonds is 27. The van der Waals surface area contributed by atoms with Gasteiger partial charge in [0.2, 0.25) is 0 Å². The average molecular weight is 608 g/mol. The molecule has 0 rings (SSSR count). The minimum Gasteiger partial charge on any atom is -0.545 e. The van der Waals surface area contributed by atoms with Crippen molar-refractivity contribution in [1.82, 2.24) is 0 Å². The van der Waals surface area contributed by atoms with Gasteiger partial charge in [-0.15, -0.1) is 0 Å². The van der Waals surface area contributed by atoms with Gasteiger partial charge in [0.25, 0.3) is 0 Å². The number of aliphatic carboxylic acids is 1. The van der Waals surface area contributed by atoms with Crippen molar-refractivity contribution >= 4 is 17.9 Å². The highest BCUT2D eigenvalue weighted by Crippen LogP contribution is 2.08. The Morgan fingerprint density at radius 2 is 1.33 bits per heavy atom. The van der Waals surface area contributed by atoms with Gasteiger partial charge in [-0.3, -0.25) is 9.59 Å². The average Bonchev–Trinajstić information content (AvgIpc) is 2.94. The van der Waals surface area contributed by atoms with E-state index in [0.717, 1.165) is 57.8 Å². The van der Waals surface area contributed by atoms with Crippen LogP contribution in [0.15, 0.2) is 48.6 Å². The van der Waals surface area contributed by atoms with E-state index in [4.69, 9.17) is 18.9 Å². The number of carboxylic acids is 1. The number of hydrogen-bond donors (Lipinski definition) is 0. The van der Waals surface area contributed by atoms with E-state index in [-0.39, 0.29) is 32.7 Å². The predicted molar refractivity (Wildman–Crippen MR) is 168 cm³/mol. The minimum absolute atomic E-state index is 0.125. The number of likely N-dealkylation sites (N-methyl/N-ethyl adjacent to an activating group) is 1. The summed E-state index contributed by atoms with van der Waals surface area (Å²) < 4.78 is 22.1. The van der Waals surface area contributed by atoms with Gasteiger partial charge < -0.3 is 33.3 Å². The molecule has 43 heavy (non-hydrogen) atoms. The molecule has 0 saturated heterocycles. The second-order valence-electron chi connectivity index (χ2n) is 11.4. The second kappa shape index (κ2) is 26.8. The van der Waals surface area contributed by atoms with Crippen molar-refractivity contribution in [2.75, 3.05) is 47.5 Å². The zero-order valence-corrected chi connectivity index (χ0v) is 27.3. The molecule has 2 atom stereocenters. The van der Waals surface area contributed by atoms with Crippen molar-refractivity contribution in [3.8, 4) is 0 Å². The Morgan fingerprint density at radius 1 is 0.721 bits per heavy atom. The van der Waals surface area contributed by atoms with E-state index in [9.17, 15) is 19.5 Å². The van der Waals surface area contributed by atoms with Crippen molar-refractivity contribution < 1.29 is 42.9 Å². The quantitative estimate of drug-likeness (QED) is 0.0412. The van der Waals surface area contributed by atoms with Gasteiger partial charge in [0.05, 0.1) is 40.3 Å². The number of unbranched alkanes of at least 4 members (excludes halogenated alkanes) is 4. The Labute approximate surface area is 260 Å². The molecule has 9 heteroatoms. The summed E-state index contributed by atoms with van der Waals surface area (Å²) >= 11 is 0. The minimum atomic E-state index is -1.63. The van der Waals surface area contributed by atoms with Crippen LogP contribution in [0.3, 0.4) is 0 Å². The van der Waals surface area contributed by atoms with E-state index in [0.29, 0.717) is 17.4 Å². The van der Waals surface area contributed by atoms with Crippen molar-refractivity contribution in [3.05, 3.63) is 48.6 Å². The molecule has 246 valence electrons. The van der Waals surface area contributed by atoms with E-state index in [1.54, 1.807) is 0 Å². The third kappa shape index (κ3) is 27.8. The van der Waals surface area contributed by atoms with Crippen LogP contribution in [-0.2, 0) is 33.3 Å². The van der Waals surface area contributed by atoms with E-state index >= 15 is 0 Å². The monoisotopic (exact) mass is 607 g/mol. The van der Waals surface area contributed by atoms with Crippen molar-refractivity contribution in [3.63, 3.8) is 0 Å². The first kappa shape index (κ1) is 40.2. The van der Waals surface area contributed by atoms with Crippen LogP contribution in [0, 0.1) is 0 Å². The van der Waals surface area contributed by atoms with Crippen molar-refractivity contribution in [1.29, 1.82) is 0 Å². The molecule has 0 aromatic carbocycles. The Hall–Kier alpha value is -2.75. The lowest BCUT2D eigenvalue weighted by Gasteiger charge is -2.26. The van der Waals surface area contributed by atoms with Gasteiger partial charge in [-0.05, 0) is 38.5 Å². The van der Waals surface area contributed by atoms with Gasteiger partial charge in [0.1, 0.15) is 13.2 Å². The van der Waals surface area contributed by atoms with Gasteiger partial charge in [-0.25, -0.2) is 0 Å². The SMILES string of the molecule is CC/C=C\C/C=C\C/C=C\C/C=C\CCC(=O)OC(COC(=O)CCCCCCC)COC(OCC[N+](C)(C)C)C(=O)[O-]. The Bertz CT molecular complexity index is 857. The molecule has 0 aromatic heterocycles. The molecule has 0 spiro atoms. The van der Waals surface area contributed by atoms with Crippen LogP contribution in [0.5, 0.6) is 0 Å². The lowest BCUT2D eigenvalue weighted by atomic mass is 10.1. The Balaban J connectivity index is 4.74. The maximum absolute atomic E-state index is 12.5. The third-order valence-corrected chi connectivity index (χ3v) is 6.10. The summed E-state index contributed by atoms with van der Waals surface area (Å²) in [5.41, 5.74) is 0. The number of allylic oxidation sites excluding steroid dienone is 8. The second-order valence-corrected chi connectivity index (χ2v) is 11.4. The maximum Gasteiger partial charge on any atom is 0.306 e. The maximum atomic E-state index is 12.5. The van der Waals surface area contributed by atoms with Crippen LogP contribution in [0.2, 0.25) is 0 Å². The van der Waals surface area contributed by atoms with E-state index < -0.39 is 30.3 Å². The number of hydrogen-bond acceptors (Lipinski definition) is 8. The highest BCUT2D eigenvalue weighted by Gasteiger charge is 2.21. The predicted octanol–water partition coefficient (Wildman–Crippen LogP) is 5.20. The van der Waals surface area contributed by atoms with Crippen LogP contribution in [-0.4, -0.2) is 82.3 Å². The molecule has 0 amide bonds. The molecule has 0 N–H and O–H groups in total. The van der Waals surface area contributed by atoms with Gasteiger partial charge in [-0.1, -0.05) is 88.1 Å². The van der Waals surface area contributed by atoms with Crippen LogP contribution < -0.4 is 5.11 Å². The summed E-state index contributed by atoms with van der Waals surface area (Å²) in [5, 5.41) is 11.5. The number of carboxylic acid groups (broad SMARTS) is 1. The highest BCUT2D eigenvalue weighted by atomic mass is 16.7. The van der Waals surface area contributed by atoms with Gasteiger partial charge in [-0.2, -0.15) is 0 Å². The number of ether oxygens (including phenoxy) is 4. The fourth-order valence-corrected chi connectivity index (χ4v) is 3.60. The molecule has 0 aromatic rings. The molecule has 0 fully saturated rings. The molecule has 0 bridgehead atoms. The van der Waals surface area contributed by atoms with Crippen LogP contribution >= 0.6 is 0 Å². The first-order valence-corrected chi connectivity index (χ1v) is 15.8. The normalized spacial score (nSPS) is 13.8. The lowest BCUT2D eigenvalue weighted by molar-refractivity contribution is -0.870. The third-order valence-electron chi connectivity index (χ3n) is 6.10. The zero-order valence-electron chi connectivity index (χ0n) is 27.3. The first-order chi connectivity index (χ1) is 20.6. The summed E-state index contributed by atoms with van der Waals surface area (Å²) in [6, 6.07) is 0. The summed E-state index contributed by atoms with van der Waals surface area (Å²) in [4.78, 5) is 36.2. The molecule has 2 unspecified atom stereocenters. The summed E-state index contributed by atoms with van der Waals surface area (Å²) in [5.74, 6) is -2.43. The van der Waals surface area contributed by atoms with Crippen molar-refractivity contribution in [2.45, 2.75) is 103 Å². The smallest absolute Gasteiger partial charge is 0.306 e. The van der Waals surface area contributed by atoms with Gasteiger partial charge >= 0.3 is 11.9 Å². The molecule has 0 aliphatic heterocycles. The zero-order chi connectivity index (χ0) is 32.2. The Morgan fingerprint density at radius 3 is 1.91 bits per heavy atom. The molecule has 0 saturated carbocycles. The van der Waals surface area contributed by atoms with E-state index in [1.165, 1.54) is 0 Å². The standard InChI is InChI=1S/C34H57NO8/c1-6-8-10-12-13-14-15-16-17-18-19-21-23-25-32(37)43-30(28-41-31(36)24-22-20-11-9-7-2)29-42-34(33(38)39)40-27-26-35(3,4)5/h8,10,13-14,16-17,19,21,30,34H,6-7,9,11-12,15,18,20,22-29H2,1-5H3/b10-8-,14-13-,17-16-,21-19-. The van der Waals surface area contributed by atoms with Crippen LogP contribution in [0.25, 0.3) is 0 Å². The number of nitrogens with zero attached hydrogens (tertiary/aromatic N) is 1. The highest BCUT2D eigenvalue weighted by molar-refractivity contribution is 5.70.